The molecule has 0 aliphatic carbocycles. The Balaban J connectivity index is 1.85. The number of Topliss-reactive ketones (excluding diaryl/α,β-unsaturated/α-hetero) is 1. The lowest BCUT2D eigenvalue weighted by Crippen LogP contribution is -2.45. The van der Waals surface area contributed by atoms with Crippen LogP contribution in [0.4, 0.5) is 0 Å². The first kappa shape index (κ1) is 29.0. The number of ether oxygens (including phenoxy) is 2. The third-order valence-corrected chi connectivity index (χ3v) is 9.17. The van der Waals surface area contributed by atoms with Crippen LogP contribution in [-0.2, 0) is 25.5 Å². The molecule has 0 saturated carbocycles. The summed E-state index contributed by atoms with van der Waals surface area (Å²) in [7, 11) is 0. The Morgan fingerprint density at radius 1 is 1.25 bits per heavy atom. The van der Waals surface area contributed by atoms with Crippen molar-refractivity contribution in [2.45, 2.75) is 117 Å². The summed E-state index contributed by atoms with van der Waals surface area (Å²) in [5.41, 5.74) is 0.202. The molecular formula is C28H43NO6S. The number of hydrogen-bond acceptors (Lipinski definition) is 8. The van der Waals surface area contributed by atoms with Gasteiger partial charge in [0.15, 0.2) is 0 Å². The fourth-order valence-electron chi connectivity index (χ4n) is 5.17. The van der Waals surface area contributed by atoms with Gasteiger partial charge in [0.2, 0.25) is 0 Å². The number of carbonyl (C=O) groups is 2. The van der Waals surface area contributed by atoms with Crippen LogP contribution in [0.1, 0.15) is 91.3 Å². The lowest BCUT2D eigenvalue weighted by Gasteiger charge is -2.34. The van der Waals surface area contributed by atoms with E-state index in [1.165, 1.54) is 0 Å². The third kappa shape index (κ3) is 6.63. The number of epoxide rings is 1. The molecule has 0 unspecified atom stereocenters. The van der Waals surface area contributed by atoms with Crippen LogP contribution < -0.4 is 0 Å². The Morgan fingerprint density at radius 2 is 1.94 bits per heavy atom. The van der Waals surface area contributed by atoms with Gasteiger partial charge >= 0.3 is 5.97 Å². The van der Waals surface area contributed by atoms with Crippen molar-refractivity contribution in [2.24, 2.45) is 17.3 Å². The molecule has 2 N–H and O–H groups in total. The molecule has 7 nitrogen and oxygen atoms in total. The Hall–Kier alpha value is -1.61. The minimum absolute atomic E-state index is 0.0460. The summed E-state index contributed by atoms with van der Waals surface area (Å²) in [4.78, 5) is 30.8. The first-order valence-electron chi connectivity index (χ1n) is 13.2. The summed E-state index contributed by atoms with van der Waals surface area (Å²) in [6.07, 6.45) is 2.87. The third-order valence-electron chi connectivity index (χ3n) is 8.16. The quantitative estimate of drug-likeness (QED) is 0.437. The minimum atomic E-state index is -1.23. The molecule has 1 aromatic rings. The van der Waals surface area contributed by atoms with E-state index in [0.29, 0.717) is 6.42 Å². The Morgan fingerprint density at radius 3 is 2.58 bits per heavy atom. The van der Waals surface area contributed by atoms with Crippen molar-refractivity contribution in [3.05, 3.63) is 21.7 Å². The average molecular weight is 522 g/mol. The first-order valence-corrected chi connectivity index (χ1v) is 14.1. The van der Waals surface area contributed by atoms with Crippen molar-refractivity contribution in [3.8, 4) is 0 Å². The van der Waals surface area contributed by atoms with E-state index in [1.54, 1.807) is 32.1 Å². The maximum Gasteiger partial charge on any atom is 0.309 e. The highest BCUT2D eigenvalue weighted by atomic mass is 32.1. The average Bonchev–Trinajstić information content (AvgIpc) is 3.23. The fraction of sp³-hybridized carbons (Fsp3) is 0.750. The van der Waals surface area contributed by atoms with Crippen LogP contribution in [0.15, 0.2) is 11.0 Å². The van der Waals surface area contributed by atoms with Crippen molar-refractivity contribution >= 4 is 29.2 Å². The lowest BCUT2D eigenvalue weighted by molar-refractivity contribution is -0.154. The van der Waals surface area contributed by atoms with Crippen molar-refractivity contribution in [3.63, 3.8) is 0 Å². The second-order valence-corrected chi connectivity index (χ2v) is 12.4. The monoisotopic (exact) mass is 521 g/mol. The standard InChI is InChI=1S/C28H43NO6S/c1-8-23-29-19(15-36-23)12-17(3)20-13-22-28(7,35-22)11-9-10-16(2)25(32)18(4)26(33)27(5,6)21(30)14-24(31)34-20/h12,15-16,18,20-22,25,30,32H,8-11,13-14H2,1-7H3/b17-12-/t16-,18-,20+,21+,22+,25-,28-/m1/s1. The summed E-state index contributed by atoms with van der Waals surface area (Å²) >= 11 is 1.60. The summed E-state index contributed by atoms with van der Waals surface area (Å²) < 4.78 is 12.0. The zero-order chi connectivity index (χ0) is 26.8. The van der Waals surface area contributed by atoms with E-state index in [4.69, 9.17) is 9.47 Å². The van der Waals surface area contributed by atoms with Crippen LogP contribution in [0.2, 0.25) is 0 Å². The fourth-order valence-corrected chi connectivity index (χ4v) is 5.88. The molecule has 202 valence electrons. The van der Waals surface area contributed by atoms with Gasteiger partial charge in [-0.05, 0) is 50.7 Å². The van der Waals surface area contributed by atoms with Gasteiger partial charge < -0.3 is 19.7 Å². The number of nitrogens with zero attached hydrogens (tertiary/aromatic N) is 1. The van der Waals surface area contributed by atoms with E-state index in [1.807, 2.05) is 25.3 Å². The number of aliphatic hydroxyl groups is 2. The molecule has 2 saturated heterocycles. The van der Waals surface area contributed by atoms with E-state index in [0.717, 1.165) is 42.0 Å². The van der Waals surface area contributed by atoms with E-state index in [2.05, 4.69) is 18.8 Å². The molecule has 0 amide bonds. The number of carbonyl (C=O) groups excluding carboxylic acids is 2. The topological polar surface area (TPSA) is 109 Å². The smallest absolute Gasteiger partial charge is 0.309 e. The highest BCUT2D eigenvalue weighted by Crippen LogP contribution is 2.45. The SMILES string of the molecule is CCc1nc(/C=C(/C)[C@@H]2C[C@@H]3O[C@]3(C)CCC[C@@H](C)[C@@H](O)[C@@H](C)C(=O)C(C)(C)[C@@H](O)CC(=O)O2)cs1. The predicted molar refractivity (Wildman–Crippen MR) is 141 cm³/mol. The maximum atomic E-state index is 13.2. The number of aliphatic hydroxyl groups excluding tert-OH is 2. The van der Waals surface area contributed by atoms with E-state index >= 15 is 0 Å². The van der Waals surface area contributed by atoms with Crippen LogP contribution >= 0.6 is 11.3 Å². The van der Waals surface area contributed by atoms with Gasteiger partial charge in [-0.1, -0.05) is 41.0 Å². The number of aromatic nitrogens is 1. The van der Waals surface area contributed by atoms with E-state index < -0.39 is 35.6 Å². The Kier molecular flexibility index (Phi) is 9.18. The van der Waals surface area contributed by atoms with Crippen molar-refractivity contribution in [2.75, 3.05) is 0 Å². The van der Waals surface area contributed by atoms with Gasteiger partial charge in [-0.3, -0.25) is 9.59 Å². The maximum absolute atomic E-state index is 13.2. The molecule has 0 aromatic carbocycles. The number of cyclic esters (lactones) is 1. The zero-order valence-electron chi connectivity index (χ0n) is 22.7. The first-order chi connectivity index (χ1) is 16.8. The lowest BCUT2D eigenvalue weighted by atomic mass is 9.73. The molecule has 7 atom stereocenters. The molecule has 0 spiro atoms. The second-order valence-electron chi connectivity index (χ2n) is 11.5. The Labute approximate surface area is 219 Å². The van der Waals surface area contributed by atoms with Crippen LogP contribution in [0, 0.1) is 17.3 Å². The van der Waals surface area contributed by atoms with Gasteiger partial charge in [0.05, 0.1) is 46.5 Å². The molecule has 8 heteroatoms. The minimum Gasteiger partial charge on any atom is -0.458 e. The van der Waals surface area contributed by atoms with E-state index in [-0.39, 0.29) is 29.8 Å². The number of hydrogen-bond donors (Lipinski definition) is 2. The van der Waals surface area contributed by atoms with Gasteiger partial charge in [0.25, 0.3) is 0 Å². The van der Waals surface area contributed by atoms with Gasteiger partial charge in [-0.15, -0.1) is 11.3 Å². The summed E-state index contributed by atoms with van der Waals surface area (Å²) in [5.74, 6) is -1.54. The highest BCUT2D eigenvalue weighted by Gasteiger charge is 2.53. The summed E-state index contributed by atoms with van der Waals surface area (Å²) in [6, 6.07) is 0. The van der Waals surface area contributed by atoms with Crippen LogP contribution in [0.5, 0.6) is 0 Å². The molecule has 1 aromatic heterocycles. The number of ketones is 1. The highest BCUT2D eigenvalue weighted by molar-refractivity contribution is 7.09. The zero-order valence-corrected chi connectivity index (χ0v) is 23.6. The largest absolute Gasteiger partial charge is 0.458 e. The van der Waals surface area contributed by atoms with E-state index in [9.17, 15) is 19.8 Å². The molecule has 2 fully saturated rings. The normalized spacial score (nSPS) is 36.8. The van der Waals surface area contributed by atoms with Gasteiger partial charge in [-0.25, -0.2) is 4.98 Å². The molecule has 3 heterocycles. The molecule has 36 heavy (non-hydrogen) atoms. The Bertz CT molecular complexity index is 971. The molecular weight excluding hydrogens is 478 g/mol. The van der Waals surface area contributed by atoms with Crippen LogP contribution in [0.25, 0.3) is 6.08 Å². The van der Waals surface area contributed by atoms with Crippen molar-refractivity contribution < 1.29 is 29.3 Å². The number of esters is 1. The number of thiazole rings is 1. The number of rotatable bonds is 3. The number of aryl methyl sites for hydroxylation is 1. The van der Waals surface area contributed by atoms with Crippen LogP contribution in [0.3, 0.4) is 0 Å². The van der Waals surface area contributed by atoms with Gasteiger partial charge in [0, 0.05) is 17.7 Å². The molecule has 0 radical (unpaired) electrons. The van der Waals surface area contributed by atoms with Crippen LogP contribution in [-0.4, -0.2) is 57.0 Å². The molecule has 2 aliphatic rings. The van der Waals surface area contributed by atoms with Gasteiger partial charge in [-0.2, -0.15) is 0 Å². The summed E-state index contributed by atoms with van der Waals surface area (Å²) in [5, 5.41) is 24.8. The molecule has 2 aliphatic heterocycles. The molecule has 0 bridgehead atoms. The second kappa shape index (κ2) is 11.4. The van der Waals surface area contributed by atoms with Crippen molar-refractivity contribution in [1.82, 2.24) is 4.98 Å². The van der Waals surface area contributed by atoms with Crippen molar-refractivity contribution in [1.29, 1.82) is 0 Å². The number of fused-ring (bicyclic) bond motifs is 1. The van der Waals surface area contributed by atoms with Gasteiger partial charge in [0.1, 0.15) is 11.9 Å². The summed E-state index contributed by atoms with van der Waals surface area (Å²) in [6.45, 7) is 13.0. The molecule has 3 rings (SSSR count). The predicted octanol–water partition coefficient (Wildman–Crippen LogP) is 4.73.